The number of benzene rings is 11. The van der Waals surface area contributed by atoms with E-state index in [4.69, 9.17) is 9.97 Å². The van der Waals surface area contributed by atoms with Gasteiger partial charge in [0.25, 0.3) is 0 Å². The second-order valence-corrected chi connectivity index (χ2v) is 17.8. The quantitative estimate of drug-likeness (QED) is 0.123. The molecule has 0 bridgehead atoms. The van der Waals surface area contributed by atoms with E-state index in [1.54, 1.807) is 0 Å². The first kappa shape index (κ1) is 37.3. The lowest BCUT2D eigenvalue weighted by atomic mass is 9.82. The summed E-state index contributed by atoms with van der Waals surface area (Å²) in [5.74, 6) is 0.713. The maximum atomic E-state index is 5.23. The van der Waals surface area contributed by atoms with Crippen LogP contribution in [-0.4, -0.2) is 9.97 Å². The molecule has 2 nitrogen and oxygen atoms in total. The molecule has 13 rings (SSSR count). The minimum absolute atomic E-state index is 0.713. The Balaban J connectivity index is 0.969. The topological polar surface area (TPSA) is 25.8 Å². The molecule has 0 fully saturated rings. The fourth-order valence-electron chi connectivity index (χ4n) is 10.2. The summed E-state index contributed by atoms with van der Waals surface area (Å²) in [5, 5.41) is 12.5. The van der Waals surface area contributed by atoms with Crippen LogP contribution in [0.5, 0.6) is 0 Å². The van der Waals surface area contributed by atoms with Gasteiger partial charge in [-0.1, -0.05) is 212 Å². The van der Waals surface area contributed by atoms with E-state index in [2.05, 4.69) is 224 Å². The molecule has 0 aliphatic rings. The zero-order valence-corrected chi connectivity index (χ0v) is 36.1. The minimum atomic E-state index is 0.713. The summed E-state index contributed by atoms with van der Waals surface area (Å²) in [6.45, 7) is 0. The summed E-state index contributed by atoms with van der Waals surface area (Å²) in [6.07, 6.45) is 0. The Morgan fingerprint density at radius 2 is 0.846 bits per heavy atom. The van der Waals surface area contributed by atoms with Crippen molar-refractivity contribution in [2.75, 3.05) is 0 Å². The normalized spacial score (nSPS) is 11.7. The second kappa shape index (κ2) is 15.2. The Bertz CT molecular complexity index is 3980. The van der Waals surface area contributed by atoms with Gasteiger partial charge in [0.1, 0.15) is 0 Å². The van der Waals surface area contributed by atoms with E-state index in [-0.39, 0.29) is 0 Å². The fourth-order valence-corrected chi connectivity index (χ4v) is 11.3. The SMILES string of the molecule is c1ccc(-c2nc(-c3ccc(-c4ccc(-c5c6ccccc6c(-c6ccccc6)c6c5ccc5ccccc56)c5ccccc45)cc3)cc(-c3cccc4sc5ccccc5c34)n2)cc1. The predicted octanol–water partition coefficient (Wildman–Crippen LogP) is 17.5. The number of hydrogen-bond acceptors (Lipinski definition) is 3. The van der Waals surface area contributed by atoms with Crippen molar-refractivity contribution in [1.82, 2.24) is 9.97 Å². The van der Waals surface area contributed by atoms with Crippen LogP contribution in [-0.2, 0) is 0 Å². The molecule has 0 spiro atoms. The van der Waals surface area contributed by atoms with E-state index in [9.17, 15) is 0 Å². The molecule has 0 saturated carbocycles. The van der Waals surface area contributed by atoms with E-state index in [0.29, 0.717) is 5.82 Å². The third-order valence-electron chi connectivity index (χ3n) is 13.1. The van der Waals surface area contributed by atoms with Crippen molar-refractivity contribution in [1.29, 1.82) is 0 Å². The molecule has 0 radical (unpaired) electrons. The molecule has 0 aliphatic carbocycles. The van der Waals surface area contributed by atoms with E-state index in [1.165, 1.54) is 91.1 Å². The van der Waals surface area contributed by atoms with Gasteiger partial charge in [-0.25, -0.2) is 9.97 Å². The average Bonchev–Trinajstić information content (AvgIpc) is 3.77. The first-order chi connectivity index (χ1) is 32.2. The molecule has 0 aliphatic heterocycles. The molecule has 0 amide bonds. The van der Waals surface area contributed by atoms with E-state index in [0.717, 1.165) is 33.6 Å². The van der Waals surface area contributed by atoms with Crippen LogP contribution in [0.3, 0.4) is 0 Å². The van der Waals surface area contributed by atoms with Gasteiger partial charge in [0.15, 0.2) is 5.82 Å². The molecule has 2 aromatic heterocycles. The van der Waals surface area contributed by atoms with Crippen molar-refractivity contribution in [3.63, 3.8) is 0 Å². The van der Waals surface area contributed by atoms with E-state index < -0.39 is 0 Å². The zero-order chi connectivity index (χ0) is 42.8. The molecule has 0 unspecified atom stereocenters. The van der Waals surface area contributed by atoms with Gasteiger partial charge in [-0.2, -0.15) is 0 Å². The van der Waals surface area contributed by atoms with Crippen molar-refractivity contribution >= 4 is 74.6 Å². The molecule has 302 valence electrons. The van der Waals surface area contributed by atoms with Gasteiger partial charge in [0.2, 0.25) is 0 Å². The molecule has 11 aromatic carbocycles. The third kappa shape index (κ3) is 6.16. The van der Waals surface area contributed by atoms with Gasteiger partial charge in [-0.3, -0.25) is 0 Å². The first-order valence-corrected chi connectivity index (χ1v) is 23.0. The molecular formula is C62H38N2S. The third-order valence-corrected chi connectivity index (χ3v) is 14.2. The van der Waals surface area contributed by atoms with Crippen LogP contribution in [0.2, 0.25) is 0 Å². The largest absolute Gasteiger partial charge is 0.228 e. The highest BCUT2D eigenvalue weighted by Crippen LogP contribution is 2.48. The Morgan fingerprint density at radius 1 is 0.277 bits per heavy atom. The molecule has 3 heteroatoms. The van der Waals surface area contributed by atoms with Crippen LogP contribution < -0.4 is 0 Å². The van der Waals surface area contributed by atoms with Gasteiger partial charge < -0.3 is 0 Å². The van der Waals surface area contributed by atoms with Crippen molar-refractivity contribution < 1.29 is 0 Å². The van der Waals surface area contributed by atoms with Crippen LogP contribution in [0.1, 0.15) is 0 Å². The highest BCUT2D eigenvalue weighted by atomic mass is 32.1. The summed E-state index contributed by atoms with van der Waals surface area (Å²) in [6, 6.07) is 83.5. The lowest BCUT2D eigenvalue weighted by molar-refractivity contribution is 1.19. The summed E-state index contributed by atoms with van der Waals surface area (Å²) >= 11 is 1.83. The number of rotatable bonds is 6. The Kier molecular flexibility index (Phi) is 8.75. The van der Waals surface area contributed by atoms with Gasteiger partial charge in [0.05, 0.1) is 11.4 Å². The van der Waals surface area contributed by atoms with Crippen LogP contribution in [0.15, 0.2) is 231 Å². The Labute approximate surface area is 380 Å². The standard InChI is InChI=1S/C62H38N2S/c1-3-17-42(18-4-1)58-48-24-11-12-25-49(48)59(53-35-34-39-16-7-8-21-45(39)61(53)58)50-37-36-44(46-22-9-10-23-47(46)50)40-30-32-41(33-31-40)54-38-55(64-62(63-54)43-19-5-2-6-20-43)51-27-15-29-57-60(51)52-26-13-14-28-56(52)65-57/h1-38H. The van der Waals surface area contributed by atoms with Crippen molar-refractivity contribution in [3.8, 4) is 67.3 Å². The number of nitrogens with zero attached hydrogens (tertiary/aromatic N) is 2. The van der Waals surface area contributed by atoms with E-state index in [1.807, 2.05) is 17.4 Å². The smallest absolute Gasteiger partial charge is 0.160 e. The monoisotopic (exact) mass is 842 g/mol. The lowest BCUT2D eigenvalue weighted by Gasteiger charge is -2.21. The van der Waals surface area contributed by atoms with E-state index >= 15 is 0 Å². The summed E-state index contributed by atoms with van der Waals surface area (Å²) in [7, 11) is 0. The number of hydrogen-bond donors (Lipinski definition) is 0. The second-order valence-electron chi connectivity index (χ2n) is 16.8. The Morgan fingerprint density at radius 3 is 1.62 bits per heavy atom. The van der Waals surface area contributed by atoms with Crippen LogP contribution in [0, 0.1) is 0 Å². The van der Waals surface area contributed by atoms with Crippen LogP contribution >= 0.6 is 11.3 Å². The molecular weight excluding hydrogens is 805 g/mol. The van der Waals surface area contributed by atoms with Crippen LogP contribution in [0.25, 0.3) is 131 Å². The maximum Gasteiger partial charge on any atom is 0.160 e. The summed E-state index contributed by atoms with van der Waals surface area (Å²) < 4.78 is 2.53. The number of fused-ring (bicyclic) bond motifs is 8. The molecule has 0 saturated heterocycles. The summed E-state index contributed by atoms with van der Waals surface area (Å²) in [4.78, 5) is 10.4. The summed E-state index contributed by atoms with van der Waals surface area (Å²) in [5.41, 5.74) is 12.3. The highest BCUT2D eigenvalue weighted by Gasteiger charge is 2.21. The van der Waals surface area contributed by atoms with Crippen LogP contribution in [0.4, 0.5) is 0 Å². The first-order valence-electron chi connectivity index (χ1n) is 22.1. The molecule has 65 heavy (non-hydrogen) atoms. The Hall–Kier alpha value is -8.24. The van der Waals surface area contributed by atoms with Gasteiger partial charge in [-0.05, 0) is 94.7 Å². The minimum Gasteiger partial charge on any atom is -0.228 e. The van der Waals surface area contributed by atoms with Crippen molar-refractivity contribution in [3.05, 3.63) is 231 Å². The zero-order valence-electron chi connectivity index (χ0n) is 35.2. The molecule has 0 N–H and O–H groups in total. The highest BCUT2D eigenvalue weighted by molar-refractivity contribution is 7.25. The van der Waals surface area contributed by atoms with Crippen molar-refractivity contribution in [2.24, 2.45) is 0 Å². The number of aromatic nitrogens is 2. The molecule has 2 heterocycles. The predicted molar refractivity (Wildman–Crippen MR) is 278 cm³/mol. The number of thiophene rings is 1. The average molecular weight is 843 g/mol. The molecule has 13 aromatic rings. The van der Waals surface area contributed by atoms with Gasteiger partial charge in [0, 0.05) is 36.9 Å². The lowest BCUT2D eigenvalue weighted by Crippen LogP contribution is -1.96. The van der Waals surface area contributed by atoms with Gasteiger partial charge in [-0.15, -0.1) is 11.3 Å². The molecule has 0 atom stereocenters. The fraction of sp³-hybridized carbons (Fsp3) is 0. The van der Waals surface area contributed by atoms with Gasteiger partial charge >= 0.3 is 0 Å². The maximum absolute atomic E-state index is 5.23. The van der Waals surface area contributed by atoms with Crippen molar-refractivity contribution in [2.45, 2.75) is 0 Å².